The first kappa shape index (κ1) is 15.2. The molecule has 2 aromatic rings. The van der Waals surface area contributed by atoms with Crippen molar-refractivity contribution in [1.82, 2.24) is 15.2 Å². The van der Waals surface area contributed by atoms with E-state index in [1.54, 1.807) is 0 Å². The van der Waals surface area contributed by atoms with E-state index < -0.39 is 0 Å². The van der Waals surface area contributed by atoms with Crippen LogP contribution in [0.3, 0.4) is 0 Å². The van der Waals surface area contributed by atoms with Crippen LogP contribution in [0.2, 0.25) is 0 Å². The van der Waals surface area contributed by atoms with E-state index in [0.29, 0.717) is 17.7 Å². The number of benzene rings is 1. The largest absolute Gasteiger partial charge is 0.489 e. The first-order valence-electron chi connectivity index (χ1n) is 6.89. The Morgan fingerprint density at radius 1 is 1.38 bits per heavy atom. The van der Waals surface area contributed by atoms with Gasteiger partial charge < -0.3 is 10.5 Å². The maximum absolute atomic E-state index is 12.4. The molecule has 0 aliphatic carbocycles. The number of ether oxygens (including phenoxy) is 1. The minimum absolute atomic E-state index is 0.146. The van der Waals surface area contributed by atoms with E-state index in [9.17, 15) is 4.39 Å². The Morgan fingerprint density at radius 3 is 2.76 bits per heavy atom. The minimum atomic E-state index is 0.146. The Kier molecular flexibility index (Phi) is 5.45. The van der Waals surface area contributed by atoms with Crippen molar-refractivity contribution in [2.24, 2.45) is 5.73 Å². The van der Waals surface area contributed by atoms with Gasteiger partial charge in [-0.15, -0.1) is 0 Å². The highest BCUT2D eigenvalue weighted by Crippen LogP contribution is 2.19. The molecule has 0 radical (unpaired) electrons. The minimum Gasteiger partial charge on any atom is -0.489 e. The van der Waals surface area contributed by atoms with Gasteiger partial charge in [0.2, 0.25) is 0 Å². The smallest absolute Gasteiger partial charge is 0.155 e. The number of aryl methyl sites for hydroxylation is 1. The fraction of sp³-hybridized carbons (Fsp3) is 0.333. The Labute approximate surface area is 123 Å². The second kappa shape index (κ2) is 7.54. The van der Waals surface area contributed by atoms with Crippen molar-refractivity contribution in [3.8, 4) is 17.1 Å². The van der Waals surface area contributed by atoms with Crippen LogP contribution in [-0.2, 0) is 6.42 Å². The number of hydrogen-bond donors (Lipinski definition) is 2. The van der Waals surface area contributed by atoms with Gasteiger partial charge in [-0.05, 0) is 30.7 Å². The summed E-state index contributed by atoms with van der Waals surface area (Å²) in [6.07, 6.45) is 2.35. The van der Waals surface area contributed by atoms with Gasteiger partial charge in [0.15, 0.2) is 11.6 Å². The molecule has 0 aliphatic heterocycles. The maximum atomic E-state index is 12.4. The van der Waals surface area contributed by atoms with Crippen LogP contribution in [0, 0.1) is 0 Å². The molecular formula is C15H19FN4O. The van der Waals surface area contributed by atoms with Gasteiger partial charge in [-0.2, -0.15) is 5.10 Å². The number of rotatable bonds is 7. The molecular weight excluding hydrogens is 271 g/mol. The predicted octanol–water partition coefficient (Wildman–Crippen LogP) is 2.62. The SMILES string of the molecule is CCCc1n[nH]c(-c2ccc(OC/C(=C/F)CN)cc2)n1. The summed E-state index contributed by atoms with van der Waals surface area (Å²) >= 11 is 0. The van der Waals surface area contributed by atoms with E-state index >= 15 is 0 Å². The molecule has 0 saturated heterocycles. The highest BCUT2D eigenvalue weighted by molar-refractivity contribution is 5.55. The number of halogens is 1. The Bertz CT molecular complexity index is 592. The summed E-state index contributed by atoms with van der Waals surface area (Å²) in [6, 6.07) is 7.38. The molecule has 0 fully saturated rings. The molecule has 0 unspecified atom stereocenters. The maximum Gasteiger partial charge on any atom is 0.155 e. The first-order valence-corrected chi connectivity index (χ1v) is 6.89. The summed E-state index contributed by atoms with van der Waals surface area (Å²) in [5.74, 6) is 2.20. The van der Waals surface area contributed by atoms with E-state index in [1.807, 2.05) is 24.3 Å². The first-order chi connectivity index (χ1) is 10.3. The van der Waals surface area contributed by atoms with Gasteiger partial charge >= 0.3 is 0 Å². The van der Waals surface area contributed by atoms with Gasteiger partial charge in [-0.1, -0.05) is 6.92 Å². The van der Waals surface area contributed by atoms with Crippen LogP contribution >= 0.6 is 0 Å². The van der Waals surface area contributed by atoms with Crippen molar-refractivity contribution in [3.05, 3.63) is 42.0 Å². The van der Waals surface area contributed by atoms with Crippen LogP contribution in [0.15, 0.2) is 36.2 Å². The molecule has 1 aromatic heterocycles. The van der Waals surface area contributed by atoms with Crippen molar-refractivity contribution in [3.63, 3.8) is 0 Å². The second-order valence-corrected chi connectivity index (χ2v) is 4.63. The molecule has 0 amide bonds. The van der Waals surface area contributed by atoms with Crippen molar-refractivity contribution < 1.29 is 9.13 Å². The molecule has 1 aromatic carbocycles. The third-order valence-electron chi connectivity index (χ3n) is 2.97. The average molecular weight is 290 g/mol. The molecule has 0 aliphatic rings. The molecule has 0 bridgehead atoms. The summed E-state index contributed by atoms with van der Waals surface area (Å²) in [5.41, 5.74) is 6.71. The zero-order chi connectivity index (χ0) is 15.1. The van der Waals surface area contributed by atoms with Crippen LogP contribution in [0.25, 0.3) is 11.4 Å². The van der Waals surface area contributed by atoms with Crippen LogP contribution < -0.4 is 10.5 Å². The molecule has 1 heterocycles. The number of aromatic amines is 1. The van der Waals surface area contributed by atoms with E-state index in [4.69, 9.17) is 10.5 Å². The lowest BCUT2D eigenvalue weighted by Gasteiger charge is -2.07. The molecule has 21 heavy (non-hydrogen) atoms. The average Bonchev–Trinajstić information content (AvgIpc) is 2.98. The van der Waals surface area contributed by atoms with Crippen molar-refractivity contribution in [2.75, 3.05) is 13.2 Å². The Morgan fingerprint density at radius 2 is 2.14 bits per heavy atom. The number of H-pyrrole nitrogens is 1. The standard InChI is InChI=1S/C15H19FN4O/c1-2-3-14-18-15(20-19-14)12-4-6-13(7-5-12)21-10-11(8-16)9-17/h4-8H,2-3,9-10,17H2,1H3,(H,18,19,20)/b11-8+. The van der Waals surface area contributed by atoms with E-state index in [-0.39, 0.29) is 13.2 Å². The number of nitrogens with two attached hydrogens (primary N) is 1. The van der Waals surface area contributed by atoms with Gasteiger partial charge in [0.05, 0.1) is 6.33 Å². The lowest BCUT2D eigenvalue weighted by molar-refractivity contribution is 0.347. The van der Waals surface area contributed by atoms with Gasteiger partial charge in [-0.25, -0.2) is 9.37 Å². The molecule has 0 atom stereocenters. The molecule has 3 N–H and O–H groups in total. The highest BCUT2D eigenvalue weighted by atomic mass is 19.1. The van der Waals surface area contributed by atoms with Crippen LogP contribution in [0.4, 0.5) is 4.39 Å². The summed E-state index contributed by atoms with van der Waals surface area (Å²) in [5, 5.41) is 7.07. The van der Waals surface area contributed by atoms with E-state index in [1.165, 1.54) is 0 Å². The monoisotopic (exact) mass is 290 g/mol. The summed E-state index contributed by atoms with van der Waals surface area (Å²) in [6.45, 7) is 2.38. The lowest BCUT2D eigenvalue weighted by atomic mass is 10.2. The van der Waals surface area contributed by atoms with Crippen molar-refractivity contribution in [1.29, 1.82) is 0 Å². The summed E-state index contributed by atoms with van der Waals surface area (Å²) < 4.78 is 17.8. The summed E-state index contributed by atoms with van der Waals surface area (Å²) in [4.78, 5) is 4.42. The predicted molar refractivity (Wildman–Crippen MR) is 79.6 cm³/mol. The fourth-order valence-electron chi connectivity index (χ4n) is 1.78. The molecule has 2 rings (SSSR count). The zero-order valence-corrected chi connectivity index (χ0v) is 12.0. The molecule has 112 valence electrons. The van der Waals surface area contributed by atoms with Crippen LogP contribution in [0.1, 0.15) is 19.2 Å². The number of hydrogen-bond acceptors (Lipinski definition) is 4. The Balaban J connectivity index is 2.01. The summed E-state index contributed by atoms with van der Waals surface area (Å²) in [7, 11) is 0. The van der Waals surface area contributed by atoms with Gasteiger partial charge in [0.25, 0.3) is 0 Å². The number of nitrogens with one attached hydrogen (secondary N) is 1. The number of aromatic nitrogens is 3. The fourth-order valence-corrected chi connectivity index (χ4v) is 1.78. The van der Waals surface area contributed by atoms with Crippen molar-refractivity contribution >= 4 is 0 Å². The van der Waals surface area contributed by atoms with Gasteiger partial charge in [0.1, 0.15) is 12.4 Å². The van der Waals surface area contributed by atoms with Gasteiger partial charge in [-0.3, -0.25) is 5.10 Å². The molecule has 0 saturated carbocycles. The van der Waals surface area contributed by atoms with Crippen LogP contribution in [-0.4, -0.2) is 28.3 Å². The second-order valence-electron chi connectivity index (χ2n) is 4.63. The quantitative estimate of drug-likeness (QED) is 0.821. The molecule has 6 heteroatoms. The normalized spacial score (nSPS) is 11.7. The molecule has 5 nitrogen and oxygen atoms in total. The van der Waals surface area contributed by atoms with Gasteiger partial charge in [0, 0.05) is 24.1 Å². The van der Waals surface area contributed by atoms with E-state index in [0.717, 1.165) is 30.1 Å². The zero-order valence-electron chi connectivity index (χ0n) is 12.0. The molecule has 0 spiro atoms. The lowest BCUT2D eigenvalue weighted by Crippen LogP contribution is -2.10. The highest BCUT2D eigenvalue weighted by Gasteiger charge is 2.05. The van der Waals surface area contributed by atoms with Crippen molar-refractivity contribution in [2.45, 2.75) is 19.8 Å². The van der Waals surface area contributed by atoms with Crippen LogP contribution in [0.5, 0.6) is 5.75 Å². The Hall–Kier alpha value is -2.21. The topological polar surface area (TPSA) is 76.8 Å². The van der Waals surface area contributed by atoms with E-state index in [2.05, 4.69) is 22.1 Å². The third-order valence-corrected chi connectivity index (χ3v) is 2.97. The third kappa shape index (κ3) is 4.13. The number of nitrogens with zero attached hydrogens (tertiary/aromatic N) is 2.